The first-order chi connectivity index (χ1) is 24.7. The number of nitrogens with zero attached hydrogens (tertiary/aromatic N) is 2. The monoisotopic (exact) mass is 703 g/mol. The molecule has 0 aromatic heterocycles. The van der Waals surface area contributed by atoms with Crippen LogP contribution in [0.25, 0.3) is 0 Å². The fraction of sp³-hybridized carbons (Fsp3) is 0.383. The quantitative estimate of drug-likeness (QED) is 0.133. The fourth-order valence-corrected chi connectivity index (χ4v) is 8.21. The molecule has 0 atom stereocenters. The number of alkyl halides is 3. The normalized spacial score (nSPS) is 17.2. The molecule has 0 saturated heterocycles. The number of rotatable bonds is 12. The number of aryl methyl sites for hydroxylation is 1. The van der Waals surface area contributed by atoms with Crippen LogP contribution in [0.15, 0.2) is 121 Å². The van der Waals surface area contributed by atoms with Crippen LogP contribution in [0.2, 0.25) is 0 Å². The number of fused-ring (bicyclic) bond motifs is 2. The van der Waals surface area contributed by atoms with E-state index in [0.29, 0.717) is 11.8 Å². The molecule has 0 N–H and O–H groups in total. The molecule has 4 aromatic carbocycles. The SMILES string of the molecule is Cc1ccc2c(c1)C(Cc1ccccc1)(Cc1ccccc1)C(/C=C/C=C1/N(CCC(C)C)c3ccc(C(F)(F)F)cc3C1(C)C)=[N+]2CCC(C)C. The summed E-state index contributed by atoms with van der Waals surface area (Å²) in [5, 5.41) is 0. The molecule has 2 nitrogen and oxygen atoms in total. The largest absolute Gasteiger partial charge is 0.416 e. The third-order valence-electron chi connectivity index (χ3n) is 11.0. The molecule has 0 unspecified atom stereocenters. The summed E-state index contributed by atoms with van der Waals surface area (Å²) in [4.78, 5) is 2.26. The first kappa shape index (κ1) is 37.4. The Kier molecular flexibility index (Phi) is 10.7. The minimum Gasteiger partial charge on any atom is -0.344 e. The molecule has 52 heavy (non-hydrogen) atoms. The van der Waals surface area contributed by atoms with Gasteiger partial charge in [0, 0.05) is 47.5 Å². The minimum atomic E-state index is -4.40. The summed E-state index contributed by atoms with van der Waals surface area (Å²) in [6.45, 7) is 16.9. The van der Waals surface area contributed by atoms with Gasteiger partial charge in [-0.1, -0.05) is 120 Å². The lowest BCUT2D eigenvalue weighted by Gasteiger charge is -2.29. The Morgan fingerprint density at radius 3 is 1.94 bits per heavy atom. The molecule has 2 aliphatic rings. The molecule has 0 spiro atoms. The van der Waals surface area contributed by atoms with Gasteiger partial charge in [-0.3, -0.25) is 0 Å². The van der Waals surface area contributed by atoms with Crippen molar-refractivity contribution in [2.24, 2.45) is 11.8 Å². The van der Waals surface area contributed by atoms with Crippen LogP contribution in [0, 0.1) is 18.8 Å². The van der Waals surface area contributed by atoms with Crippen molar-refractivity contribution in [3.63, 3.8) is 0 Å². The Balaban J connectivity index is 1.54. The molecule has 0 bridgehead atoms. The van der Waals surface area contributed by atoms with E-state index in [0.717, 1.165) is 55.7 Å². The van der Waals surface area contributed by atoms with Crippen molar-refractivity contribution < 1.29 is 17.7 Å². The molecule has 2 heterocycles. The van der Waals surface area contributed by atoms with Gasteiger partial charge in [-0.05, 0) is 85.1 Å². The van der Waals surface area contributed by atoms with Gasteiger partial charge < -0.3 is 4.90 Å². The molecule has 0 radical (unpaired) electrons. The molecule has 272 valence electrons. The molecule has 0 saturated carbocycles. The van der Waals surface area contributed by atoms with Crippen LogP contribution >= 0.6 is 0 Å². The zero-order valence-electron chi connectivity index (χ0n) is 31.9. The van der Waals surface area contributed by atoms with E-state index in [9.17, 15) is 13.2 Å². The van der Waals surface area contributed by atoms with Crippen LogP contribution in [0.5, 0.6) is 0 Å². The number of hydrogen-bond donors (Lipinski definition) is 0. The predicted octanol–water partition coefficient (Wildman–Crippen LogP) is 12.2. The maximum absolute atomic E-state index is 14.0. The van der Waals surface area contributed by atoms with Crippen LogP contribution in [-0.4, -0.2) is 23.4 Å². The van der Waals surface area contributed by atoms with Crippen molar-refractivity contribution in [3.8, 4) is 0 Å². The number of halogens is 3. The Labute approximate surface area is 309 Å². The second kappa shape index (κ2) is 14.9. The van der Waals surface area contributed by atoms with Gasteiger partial charge in [0.2, 0.25) is 5.69 Å². The topological polar surface area (TPSA) is 6.25 Å². The molecule has 0 aliphatic carbocycles. The van der Waals surface area contributed by atoms with Crippen LogP contribution in [-0.2, 0) is 29.8 Å². The van der Waals surface area contributed by atoms with Crippen molar-refractivity contribution in [3.05, 3.63) is 154 Å². The zero-order valence-corrected chi connectivity index (χ0v) is 31.9. The molecule has 6 rings (SSSR count). The van der Waals surface area contributed by atoms with E-state index in [1.54, 1.807) is 6.07 Å². The third kappa shape index (κ3) is 7.56. The summed E-state index contributed by atoms with van der Waals surface area (Å²) < 4.78 is 44.4. The van der Waals surface area contributed by atoms with Gasteiger partial charge in [-0.15, -0.1) is 0 Å². The lowest BCUT2D eigenvalue weighted by molar-refractivity contribution is -0.439. The van der Waals surface area contributed by atoms with Gasteiger partial charge in [0.05, 0.1) is 11.0 Å². The van der Waals surface area contributed by atoms with Crippen molar-refractivity contribution in [1.82, 2.24) is 0 Å². The van der Waals surface area contributed by atoms with Crippen molar-refractivity contribution in [2.45, 2.75) is 91.2 Å². The van der Waals surface area contributed by atoms with E-state index in [4.69, 9.17) is 0 Å². The van der Waals surface area contributed by atoms with Gasteiger partial charge >= 0.3 is 6.18 Å². The first-order valence-electron chi connectivity index (χ1n) is 18.9. The van der Waals surface area contributed by atoms with Crippen molar-refractivity contribution in [2.75, 3.05) is 18.0 Å². The number of hydrogen-bond acceptors (Lipinski definition) is 1. The van der Waals surface area contributed by atoms with Crippen LogP contribution < -0.4 is 4.90 Å². The van der Waals surface area contributed by atoms with Crippen LogP contribution in [0.1, 0.15) is 87.8 Å². The van der Waals surface area contributed by atoms with Crippen LogP contribution in [0.4, 0.5) is 24.5 Å². The molecule has 2 aliphatic heterocycles. The Morgan fingerprint density at radius 1 is 0.750 bits per heavy atom. The second-order valence-corrected chi connectivity index (χ2v) is 16.2. The third-order valence-corrected chi connectivity index (χ3v) is 11.0. The number of anilines is 1. The average Bonchev–Trinajstić information content (AvgIpc) is 3.46. The van der Waals surface area contributed by atoms with E-state index < -0.39 is 17.2 Å². The number of allylic oxidation sites excluding steroid dienone is 4. The van der Waals surface area contributed by atoms with Gasteiger partial charge in [0.25, 0.3) is 0 Å². The summed E-state index contributed by atoms with van der Waals surface area (Å²) in [5.74, 6) is 0.994. The lowest BCUT2D eigenvalue weighted by atomic mass is 9.68. The zero-order chi connectivity index (χ0) is 37.3. The fourth-order valence-electron chi connectivity index (χ4n) is 8.21. The maximum atomic E-state index is 14.0. The highest BCUT2D eigenvalue weighted by atomic mass is 19.4. The van der Waals surface area contributed by atoms with Gasteiger partial charge in [-0.25, -0.2) is 0 Å². The highest BCUT2D eigenvalue weighted by Crippen LogP contribution is 2.50. The van der Waals surface area contributed by atoms with Crippen LogP contribution in [0.3, 0.4) is 0 Å². The van der Waals surface area contributed by atoms with Gasteiger partial charge in [-0.2, -0.15) is 17.7 Å². The van der Waals surface area contributed by atoms with E-state index in [-0.39, 0.29) is 5.41 Å². The molecular weight excluding hydrogens is 650 g/mol. The summed E-state index contributed by atoms with van der Waals surface area (Å²) in [7, 11) is 0. The summed E-state index contributed by atoms with van der Waals surface area (Å²) >= 11 is 0. The number of benzene rings is 4. The van der Waals surface area contributed by atoms with E-state index in [2.05, 4.69) is 155 Å². The molecule has 0 fully saturated rings. The average molecular weight is 704 g/mol. The standard InChI is InChI=1S/C47H54F3N2/c1-33(2)25-27-51-41-24-22-38(47(48,49)50)30-39(41)45(6,7)43(51)19-14-20-44-46(31-36-15-10-8-11-16-36,32-37-17-12-9-13-18-37)40-29-35(5)21-23-42(40)52(44)28-26-34(3)4/h8-24,29-30,33-34H,25-28,31-32H2,1-7H3/q+1. The van der Waals surface area contributed by atoms with E-state index >= 15 is 0 Å². The molecule has 5 heteroatoms. The maximum Gasteiger partial charge on any atom is 0.416 e. The summed E-state index contributed by atoms with van der Waals surface area (Å²) in [6, 6.07) is 32.8. The Bertz CT molecular complexity index is 1920. The first-order valence-corrected chi connectivity index (χ1v) is 18.9. The predicted molar refractivity (Wildman–Crippen MR) is 211 cm³/mol. The van der Waals surface area contributed by atoms with Gasteiger partial charge in [0.15, 0.2) is 5.71 Å². The molecule has 4 aromatic rings. The second-order valence-electron chi connectivity index (χ2n) is 16.2. The van der Waals surface area contributed by atoms with Crippen molar-refractivity contribution in [1.29, 1.82) is 0 Å². The van der Waals surface area contributed by atoms with E-state index in [1.807, 2.05) is 0 Å². The smallest absolute Gasteiger partial charge is 0.344 e. The minimum absolute atomic E-state index is 0.344. The lowest BCUT2D eigenvalue weighted by Crippen LogP contribution is -2.39. The summed E-state index contributed by atoms with van der Waals surface area (Å²) in [5.41, 5.74) is 8.76. The highest BCUT2D eigenvalue weighted by Gasteiger charge is 2.51. The highest BCUT2D eigenvalue weighted by molar-refractivity contribution is 6.04. The van der Waals surface area contributed by atoms with Crippen molar-refractivity contribution >= 4 is 17.1 Å². The van der Waals surface area contributed by atoms with Gasteiger partial charge in [0.1, 0.15) is 6.54 Å². The van der Waals surface area contributed by atoms with E-state index in [1.165, 1.54) is 45.8 Å². The molecular formula is C47H54F3N2+. The summed E-state index contributed by atoms with van der Waals surface area (Å²) in [6.07, 6.45) is 5.93. The Hall–Kier alpha value is -4.38. The molecule has 0 amide bonds. The Morgan fingerprint density at radius 2 is 1.37 bits per heavy atom.